The summed E-state index contributed by atoms with van der Waals surface area (Å²) in [4.78, 5) is 0. The molecule has 0 aromatic rings. The fourth-order valence-electron chi connectivity index (χ4n) is 0.677. The van der Waals surface area contributed by atoms with Gasteiger partial charge < -0.3 is 9.84 Å². The average Bonchev–Trinajstić information content (AvgIpc) is 1.89. The maximum absolute atomic E-state index is 9.21. The van der Waals surface area contributed by atoms with Crippen molar-refractivity contribution in [3.8, 4) is 0 Å². The lowest BCUT2D eigenvalue weighted by Gasteiger charge is -2.24. The number of hydrogen-bond donors (Lipinski definition) is 1. The summed E-state index contributed by atoms with van der Waals surface area (Å²) in [6.45, 7) is 0. The summed E-state index contributed by atoms with van der Waals surface area (Å²) in [6.07, 6.45) is -0.211. The molecule has 2 atom stereocenters. The molecule has 54 valence electrons. The molecular weight excluding hydrogens is 156 g/mol. The average molecular weight is 166 g/mol. The quantitative estimate of drug-likeness (QED) is 0.582. The molecule has 1 fully saturated rings. The molecule has 0 spiro atoms. The summed E-state index contributed by atoms with van der Waals surface area (Å²) in [7, 11) is 5.12. The second-order valence-corrected chi connectivity index (χ2v) is 4.46. The lowest BCUT2D eigenvalue weighted by molar-refractivity contribution is 0.0149. The van der Waals surface area contributed by atoms with Crippen molar-refractivity contribution in [1.82, 2.24) is 0 Å². The number of rotatable bonds is 1. The first-order chi connectivity index (χ1) is 4.34. The predicted molar refractivity (Wildman–Crippen MR) is 41.7 cm³/mol. The summed E-state index contributed by atoms with van der Waals surface area (Å²) >= 11 is 0. The number of hydrogen-bond acceptors (Lipinski definition) is 4. The van der Waals surface area contributed by atoms with E-state index in [1.165, 1.54) is 0 Å². The summed E-state index contributed by atoms with van der Waals surface area (Å²) in [6, 6.07) is 0. The van der Waals surface area contributed by atoms with Gasteiger partial charge in [-0.25, -0.2) is 0 Å². The third kappa shape index (κ3) is 2.04. The zero-order valence-electron chi connectivity index (χ0n) is 5.24. The molecule has 0 saturated carbocycles. The third-order valence-electron chi connectivity index (χ3n) is 1.29. The molecule has 1 rings (SSSR count). The summed E-state index contributed by atoms with van der Waals surface area (Å²) in [5, 5.41) is 9.21. The van der Waals surface area contributed by atoms with Crippen molar-refractivity contribution in [3.05, 3.63) is 0 Å². The van der Waals surface area contributed by atoms with Crippen molar-refractivity contribution >= 4 is 21.6 Å². The van der Waals surface area contributed by atoms with Gasteiger partial charge in [0, 0.05) is 18.6 Å². The van der Waals surface area contributed by atoms with E-state index in [0.29, 0.717) is 0 Å². The Bertz CT molecular complexity index is 89.0. The Morgan fingerprint density at radius 3 is 2.56 bits per heavy atom. The normalized spacial score (nSPS) is 36.7. The van der Waals surface area contributed by atoms with Crippen molar-refractivity contribution in [2.45, 2.75) is 12.2 Å². The van der Waals surface area contributed by atoms with Gasteiger partial charge in [0.15, 0.2) is 0 Å². The SMILES string of the molecule is COC1CSSC[C@@H]1O. The monoisotopic (exact) mass is 166 g/mol. The fraction of sp³-hybridized carbons (Fsp3) is 1.00. The summed E-state index contributed by atoms with van der Waals surface area (Å²) in [5.74, 6) is 1.70. The minimum Gasteiger partial charge on any atom is -0.389 e. The molecule has 0 radical (unpaired) electrons. The highest BCUT2D eigenvalue weighted by Crippen LogP contribution is 2.30. The van der Waals surface area contributed by atoms with Crippen molar-refractivity contribution in [3.63, 3.8) is 0 Å². The van der Waals surface area contributed by atoms with Crippen LogP contribution in [-0.2, 0) is 4.74 Å². The second-order valence-electron chi connectivity index (χ2n) is 1.91. The van der Waals surface area contributed by atoms with Gasteiger partial charge in [0.1, 0.15) is 0 Å². The molecule has 2 nitrogen and oxygen atoms in total. The molecule has 1 saturated heterocycles. The Morgan fingerprint density at radius 1 is 1.44 bits per heavy atom. The van der Waals surface area contributed by atoms with Gasteiger partial charge in [0.05, 0.1) is 12.2 Å². The molecular formula is C5H10O2S2. The van der Waals surface area contributed by atoms with E-state index in [2.05, 4.69) is 0 Å². The van der Waals surface area contributed by atoms with Gasteiger partial charge in [-0.15, -0.1) is 0 Å². The van der Waals surface area contributed by atoms with Crippen LogP contribution in [0.15, 0.2) is 0 Å². The van der Waals surface area contributed by atoms with Crippen LogP contribution in [0.25, 0.3) is 0 Å². The van der Waals surface area contributed by atoms with Crippen LogP contribution in [0, 0.1) is 0 Å². The van der Waals surface area contributed by atoms with E-state index in [1.807, 2.05) is 0 Å². The molecule has 0 aromatic heterocycles. The van der Waals surface area contributed by atoms with Crippen LogP contribution in [-0.4, -0.2) is 35.9 Å². The molecule has 1 heterocycles. The number of aliphatic hydroxyl groups excluding tert-OH is 1. The Balaban J connectivity index is 2.30. The van der Waals surface area contributed by atoms with Crippen molar-refractivity contribution in [1.29, 1.82) is 0 Å². The van der Waals surface area contributed by atoms with Gasteiger partial charge in [-0.2, -0.15) is 0 Å². The first-order valence-corrected chi connectivity index (χ1v) is 5.28. The van der Waals surface area contributed by atoms with Crippen LogP contribution in [0.2, 0.25) is 0 Å². The Labute approximate surface area is 62.7 Å². The Hall–Kier alpha value is 0.620. The number of aliphatic hydroxyl groups is 1. The molecule has 1 aliphatic heterocycles. The Kier molecular flexibility index (Phi) is 3.18. The summed E-state index contributed by atoms with van der Waals surface area (Å²) in [5.41, 5.74) is 0. The van der Waals surface area contributed by atoms with Gasteiger partial charge in [0.2, 0.25) is 0 Å². The molecule has 0 amide bonds. The van der Waals surface area contributed by atoms with E-state index in [9.17, 15) is 5.11 Å². The van der Waals surface area contributed by atoms with Crippen LogP contribution in [0.4, 0.5) is 0 Å². The van der Waals surface area contributed by atoms with Crippen molar-refractivity contribution in [2.24, 2.45) is 0 Å². The Morgan fingerprint density at radius 2 is 2.11 bits per heavy atom. The predicted octanol–water partition coefficient (Wildman–Crippen LogP) is 0.757. The molecule has 1 aliphatic rings. The number of methoxy groups -OCH3 is 1. The molecule has 1 N–H and O–H groups in total. The maximum atomic E-state index is 9.21. The molecule has 1 unspecified atom stereocenters. The van der Waals surface area contributed by atoms with Crippen LogP contribution in [0.1, 0.15) is 0 Å². The highest BCUT2D eigenvalue weighted by Gasteiger charge is 2.22. The zero-order chi connectivity index (χ0) is 6.69. The third-order valence-corrected chi connectivity index (χ3v) is 3.71. The lowest BCUT2D eigenvalue weighted by atomic mass is 10.2. The van der Waals surface area contributed by atoms with Gasteiger partial charge in [-0.3, -0.25) is 0 Å². The van der Waals surface area contributed by atoms with E-state index in [0.717, 1.165) is 11.5 Å². The van der Waals surface area contributed by atoms with Gasteiger partial charge in [0.25, 0.3) is 0 Å². The molecule has 0 bridgehead atoms. The maximum Gasteiger partial charge on any atom is 0.0937 e. The van der Waals surface area contributed by atoms with Crippen molar-refractivity contribution in [2.75, 3.05) is 18.6 Å². The van der Waals surface area contributed by atoms with E-state index < -0.39 is 0 Å². The largest absolute Gasteiger partial charge is 0.389 e. The molecule has 0 aromatic carbocycles. The van der Waals surface area contributed by atoms with E-state index in [1.54, 1.807) is 28.7 Å². The topological polar surface area (TPSA) is 29.5 Å². The smallest absolute Gasteiger partial charge is 0.0937 e. The summed E-state index contributed by atoms with van der Waals surface area (Å²) < 4.78 is 5.02. The second kappa shape index (κ2) is 3.71. The van der Waals surface area contributed by atoms with E-state index in [-0.39, 0.29) is 12.2 Å². The minimum atomic E-state index is -0.263. The fourth-order valence-corrected chi connectivity index (χ4v) is 3.11. The first-order valence-electron chi connectivity index (χ1n) is 2.80. The molecule has 9 heavy (non-hydrogen) atoms. The van der Waals surface area contributed by atoms with Gasteiger partial charge in [-0.1, -0.05) is 21.6 Å². The zero-order valence-corrected chi connectivity index (χ0v) is 6.87. The van der Waals surface area contributed by atoms with E-state index >= 15 is 0 Å². The van der Waals surface area contributed by atoms with Gasteiger partial charge in [-0.05, 0) is 0 Å². The molecule has 0 aliphatic carbocycles. The van der Waals surface area contributed by atoms with Gasteiger partial charge >= 0.3 is 0 Å². The first kappa shape index (κ1) is 7.72. The van der Waals surface area contributed by atoms with Crippen LogP contribution < -0.4 is 0 Å². The van der Waals surface area contributed by atoms with Crippen LogP contribution in [0.3, 0.4) is 0 Å². The minimum absolute atomic E-state index is 0.0521. The van der Waals surface area contributed by atoms with Crippen molar-refractivity contribution < 1.29 is 9.84 Å². The highest BCUT2D eigenvalue weighted by molar-refractivity contribution is 8.76. The molecule has 4 heteroatoms. The highest BCUT2D eigenvalue weighted by atomic mass is 33.1. The lowest BCUT2D eigenvalue weighted by Crippen LogP contribution is -2.34. The standard InChI is InChI=1S/C5H10O2S2/c1-7-5-3-9-8-2-4(5)6/h4-6H,2-3H2,1H3/t4-,5?/m0/s1. The van der Waals surface area contributed by atoms with Crippen LogP contribution in [0.5, 0.6) is 0 Å². The van der Waals surface area contributed by atoms with E-state index in [4.69, 9.17) is 4.74 Å². The van der Waals surface area contributed by atoms with Crippen LogP contribution >= 0.6 is 21.6 Å². The number of ether oxygens (including phenoxy) is 1.